The number of para-hydroxylation sites is 1. The molecule has 0 bridgehead atoms. The van der Waals surface area contributed by atoms with E-state index in [0.717, 1.165) is 11.1 Å². The van der Waals surface area contributed by atoms with Crippen LogP contribution in [-0.2, 0) is 9.53 Å². The van der Waals surface area contributed by atoms with Crippen molar-refractivity contribution in [1.82, 2.24) is 4.57 Å². The van der Waals surface area contributed by atoms with Crippen molar-refractivity contribution in [3.63, 3.8) is 0 Å². The lowest BCUT2D eigenvalue weighted by Crippen LogP contribution is -2.40. The third kappa shape index (κ3) is 4.40. The molecule has 2 aliphatic rings. The van der Waals surface area contributed by atoms with Gasteiger partial charge in [-0.15, -0.1) is 0 Å². The largest absolute Gasteiger partial charge is 0.496 e. The summed E-state index contributed by atoms with van der Waals surface area (Å²) in [5.74, 6) is 1.29. The Labute approximate surface area is 227 Å². The van der Waals surface area contributed by atoms with E-state index >= 15 is 0 Å². The molecule has 1 aromatic heterocycles. The molecule has 1 unspecified atom stereocenters. The summed E-state index contributed by atoms with van der Waals surface area (Å²) in [4.78, 5) is 32.9. The minimum absolute atomic E-state index is 0.165. The number of fused-ring (bicyclic) bond motifs is 2. The normalized spacial score (nSPS) is 16.1. The van der Waals surface area contributed by atoms with E-state index in [4.69, 9.17) is 23.9 Å². The van der Waals surface area contributed by atoms with Gasteiger partial charge in [-0.3, -0.25) is 9.36 Å². The van der Waals surface area contributed by atoms with E-state index < -0.39 is 12.0 Å². The number of methoxy groups -OCH3 is 1. The highest BCUT2D eigenvalue weighted by Crippen LogP contribution is 2.38. The van der Waals surface area contributed by atoms with Crippen LogP contribution in [0.1, 0.15) is 29.7 Å². The molecule has 1 atom stereocenters. The van der Waals surface area contributed by atoms with Crippen molar-refractivity contribution in [3.05, 3.63) is 115 Å². The van der Waals surface area contributed by atoms with E-state index in [1.165, 1.54) is 11.3 Å². The molecule has 0 saturated heterocycles. The molecule has 0 amide bonds. The summed E-state index contributed by atoms with van der Waals surface area (Å²) in [5.41, 5.74) is 2.64. The smallest absolute Gasteiger partial charge is 0.338 e. The number of aromatic nitrogens is 1. The standard InChI is InChI=1S/C30H24N2O6S/c1-3-36-29(34)25-26(19-9-5-4-6-10-19)31-30-32(27(25)20-11-7-8-12-21(20)35-2)28(33)24(39-30)16-18-13-14-22-23(15-18)38-17-37-22/h4-16,27H,3,17H2,1-2H3/b24-16-. The Balaban J connectivity index is 1.64. The quantitative estimate of drug-likeness (QED) is 0.347. The van der Waals surface area contributed by atoms with Gasteiger partial charge in [-0.25, -0.2) is 9.79 Å². The molecule has 0 saturated carbocycles. The Hall–Kier alpha value is -4.63. The van der Waals surface area contributed by atoms with Gasteiger partial charge in [0.15, 0.2) is 16.3 Å². The minimum Gasteiger partial charge on any atom is -0.496 e. The van der Waals surface area contributed by atoms with Gasteiger partial charge in [0, 0.05) is 11.1 Å². The van der Waals surface area contributed by atoms with Crippen LogP contribution in [0, 0.1) is 0 Å². The third-order valence-electron chi connectivity index (χ3n) is 6.50. The van der Waals surface area contributed by atoms with Crippen LogP contribution < -0.4 is 29.1 Å². The van der Waals surface area contributed by atoms with Gasteiger partial charge in [-0.05, 0) is 36.8 Å². The van der Waals surface area contributed by atoms with Crippen molar-refractivity contribution in [2.24, 2.45) is 4.99 Å². The molecular formula is C30H24N2O6S. The van der Waals surface area contributed by atoms with Crippen molar-refractivity contribution in [2.75, 3.05) is 20.5 Å². The second kappa shape index (κ2) is 10.3. The molecule has 4 aromatic rings. The van der Waals surface area contributed by atoms with E-state index in [0.29, 0.717) is 37.8 Å². The fourth-order valence-corrected chi connectivity index (χ4v) is 5.78. The number of carbonyl (C=O) groups is 1. The monoisotopic (exact) mass is 540 g/mol. The first kappa shape index (κ1) is 24.7. The van der Waals surface area contributed by atoms with E-state index in [1.54, 1.807) is 24.7 Å². The van der Waals surface area contributed by atoms with Crippen LogP contribution in [0.25, 0.3) is 11.8 Å². The van der Waals surface area contributed by atoms with Gasteiger partial charge in [0.25, 0.3) is 5.56 Å². The molecular weight excluding hydrogens is 516 g/mol. The maximum Gasteiger partial charge on any atom is 0.338 e. The summed E-state index contributed by atoms with van der Waals surface area (Å²) in [7, 11) is 1.56. The zero-order chi connectivity index (χ0) is 26.9. The number of thiazole rings is 1. The highest BCUT2D eigenvalue weighted by atomic mass is 32.1. The summed E-state index contributed by atoms with van der Waals surface area (Å²) in [6, 6.07) is 21.5. The molecule has 39 heavy (non-hydrogen) atoms. The number of hydrogen-bond acceptors (Lipinski definition) is 8. The van der Waals surface area contributed by atoms with E-state index in [9.17, 15) is 9.59 Å². The van der Waals surface area contributed by atoms with E-state index in [-0.39, 0.29) is 24.5 Å². The Morgan fingerprint density at radius 3 is 2.64 bits per heavy atom. The van der Waals surface area contributed by atoms with Crippen LogP contribution in [0.15, 0.2) is 88.2 Å². The lowest BCUT2D eigenvalue weighted by atomic mass is 9.92. The Morgan fingerprint density at radius 2 is 1.85 bits per heavy atom. The molecule has 0 aliphatic carbocycles. The number of rotatable bonds is 6. The number of hydrogen-bond donors (Lipinski definition) is 0. The van der Waals surface area contributed by atoms with Crippen molar-refractivity contribution in [3.8, 4) is 17.2 Å². The van der Waals surface area contributed by atoms with Crippen LogP contribution in [0.5, 0.6) is 17.2 Å². The fourth-order valence-electron chi connectivity index (χ4n) is 4.78. The van der Waals surface area contributed by atoms with Crippen molar-refractivity contribution >= 4 is 29.1 Å². The fraction of sp³-hybridized carbons (Fsp3) is 0.167. The predicted molar refractivity (Wildman–Crippen MR) is 147 cm³/mol. The molecule has 0 spiro atoms. The van der Waals surface area contributed by atoms with Gasteiger partial charge >= 0.3 is 5.97 Å². The SMILES string of the molecule is CCOC(=O)C1=C(c2ccccc2)N=c2s/c(=C\c3ccc4c(c3)OCO4)c(=O)n2C1c1ccccc1OC. The van der Waals surface area contributed by atoms with E-state index in [1.807, 2.05) is 72.8 Å². The third-order valence-corrected chi connectivity index (χ3v) is 7.48. The highest BCUT2D eigenvalue weighted by Gasteiger charge is 2.36. The lowest BCUT2D eigenvalue weighted by molar-refractivity contribution is -0.138. The maximum atomic E-state index is 14.0. The second-order valence-corrected chi connectivity index (χ2v) is 9.80. The molecule has 196 valence electrons. The van der Waals surface area contributed by atoms with Crippen molar-refractivity contribution in [1.29, 1.82) is 0 Å². The van der Waals surface area contributed by atoms with Crippen LogP contribution in [0.2, 0.25) is 0 Å². The summed E-state index contributed by atoms with van der Waals surface area (Å²) < 4.78 is 24.1. The maximum absolute atomic E-state index is 14.0. The first-order chi connectivity index (χ1) is 19.1. The number of esters is 1. The molecule has 0 N–H and O–H groups in total. The summed E-state index contributed by atoms with van der Waals surface area (Å²) >= 11 is 1.26. The van der Waals surface area contributed by atoms with Crippen LogP contribution in [0.4, 0.5) is 0 Å². The van der Waals surface area contributed by atoms with Gasteiger partial charge < -0.3 is 18.9 Å². The Bertz CT molecular complexity index is 1790. The Morgan fingerprint density at radius 1 is 1.08 bits per heavy atom. The molecule has 3 aromatic carbocycles. The summed E-state index contributed by atoms with van der Waals surface area (Å²) in [6.45, 7) is 2.09. The zero-order valence-electron chi connectivity index (χ0n) is 21.2. The average molecular weight is 541 g/mol. The Kier molecular flexibility index (Phi) is 6.50. The number of nitrogens with zero attached hydrogens (tertiary/aromatic N) is 2. The molecule has 6 rings (SSSR count). The van der Waals surface area contributed by atoms with Crippen molar-refractivity contribution < 1.29 is 23.7 Å². The second-order valence-electron chi connectivity index (χ2n) is 8.79. The molecule has 0 fully saturated rings. The van der Waals surface area contributed by atoms with E-state index in [2.05, 4.69) is 0 Å². The summed E-state index contributed by atoms with van der Waals surface area (Å²) in [6.07, 6.45) is 1.79. The molecule has 0 radical (unpaired) electrons. The van der Waals surface area contributed by atoms with Gasteiger partial charge in [0.05, 0.1) is 29.5 Å². The van der Waals surface area contributed by atoms with Gasteiger partial charge in [-0.1, -0.05) is 65.9 Å². The molecule has 2 aliphatic heterocycles. The lowest BCUT2D eigenvalue weighted by Gasteiger charge is -2.27. The van der Waals surface area contributed by atoms with Crippen molar-refractivity contribution in [2.45, 2.75) is 13.0 Å². The van der Waals surface area contributed by atoms with Gasteiger partial charge in [0.2, 0.25) is 6.79 Å². The van der Waals surface area contributed by atoms with Gasteiger partial charge in [-0.2, -0.15) is 0 Å². The molecule has 3 heterocycles. The molecule has 9 heteroatoms. The first-order valence-electron chi connectivity index (χ1n) is 12.4. The highest BCUT2D eigenvalue weighted by molar-refractivity contribution is 7.07. The van der Waals surface area contributed by atoms with Gasteiger partial charge in [0.1, 0.15) is 11.8 Å². The number of ether oxygens (including phenoxy) is 4. The number of benzene rings is 3. The topological polar surface area (TPSA) is 88.4 Å². The number of carbonyl (C=O) groups excluding carboxylic acids is 1. The molecule has 8 nitrogen and oxygen atoms in total. The summed E-state index contributed by atoms with van der Waals surface area (Å²) in [5, 5.41) is 0. The minimum atomic E-state index is -0.814. The van der Waals surface area contributed by atoms with Crippen LogP contribution >= 0.6 is 11.3 Å². The van der Waals surface area contributed by atoms with Crippen LogP contribution in [-0.4, -0.2) is 31.0 Å². The average Bonchev–Trinajstić information content (AvgIpc) is 3.56. The first-order valence-corrected chi connectivity index (χ1v) is 13.2. The zero-order valence-corrected chi connectivity index (χ0v) is 22.1. The predicted octanol–water partition coefficient (Wildman–Crippen LogP) is 3.67. The van der Waals surface area contributed by atoms with Crippen LogP contribution in [0.3, 0.4) is 0 Å².